The van der Waals surface area contributed by atoms with Crippen molar-refractivity contribution in [3.05, 3.63) is 33.0 Å². The summed E-state index contributed by atoms with van der Waals surface area (Å²) in [7, 11) is 0. The highest BCUT2D eigenvalue weighted by molar-refractivity contribution is 7.15. The van der Waals surface area contributed by atoms with Crippen LogP contribution in [-0.4, -0.2) is 22.6 Å². The molecular weight excluding hydrogens is 268 g/mol. The van der Waals surface area contributed by atoms with Crippen molar-refractivity contribution in [2.24, 2.45) is 0 Å². The monoisotopic (exact) mass is 282 g/mol. The number of carboxylic acids is 1. The molecule has 0 aliphatic rings. The average molecular weight is 282 g/mol. The first-order valence-electron chi connectivity index (χ1n) is 5.60. The highest BCUT2D eigenvalue weighted by atomic mass is 32.1. The summed E-state index contributed by atoms with van der Waals surface area (Å²) in [4.78, 5) is 19.3. The fourth-order valence-electron chi connectivity index (χ4n) is 1.62. The number of aromatic nitrogens is 1. The van der Waals surface area contributed by atoms with Crippen molar-refractivity contribution in [2.75, 3.05) is 11.4 Å². The first-order chi connectivity index (χ1) is 8.61. The molecule has 2 heterocycles. The molecule has 0 aliphatic carbocycles. The lowest BCUT2D eigenvalue weighted by molar-refractivity contribution is 0.0690. The summed E-state index contributed by atoms with van der Waals surface area (Å²) in [6, 6.07) is 4.09. The van der Waals surface area contributed by atoms with Gasteiger partial charge in [-0.2, -0.15) is 0 Å². The van der Waals surface area contributed by atoms with E-state index in [9.17, 15) is 4.79 Å². The standard InChI is InChI=1S/C12H14N2O2S2/c1-3-14(7-9-5-4-6-17-9)12-13-10(11(15)16)8(2)18-12/h4-6H,3,7H2,1-2H3,(H,15,16). The van der Waals surface area contributed by atoms with Crippen LogP contribution in [0.4, 0.5) is 5.13 Å². The van der Waals surface area contributed by atoms with E-state index in [1.807, 2.05) is 18.4 Å². The molecule has 0 aromatic carbocycles. The van der Waals surface area contributed by atoms with Crippen molar-refractivity contribution < 1.29 is 9.90 Å². The molecule has 0 radical (unpaired) electrons. The Kier molecular flexibility index (Phi) is 3.98. The third-order valence-electron chi connectivity index (χ3n) is 2.57. The predicted molar refractivity (Wildman–Crippen MR) is 74.9 cm³/mol. The maximum absolute atomic E-state index is 11.0. The number of carbonyl (C=O) groups is 1. The Morgan fingerprint density at radius 3 is 2.83 bits per heavy atom. The molecule has 0 fully saturated rings. The van der Waals surface area contributed by atoms with Gasteiger partial charge >= 0.3 is 5.97 Å². The zero-order chi connectivity index (χ0) is 13.1. The molecule has 4 nitrogen and oxygen atoms in total. The number of thiazole rings is 1. The molecule has 0 amide bonds. The topological polar surface area (TPSA) is 53.4 Å². The van der Waals surface area contributed by atoms with Gasteiger partial charge in [-0.05, 0) is 25.3 Å². The summed E-state index contributed by atoms with van der Waals surface area (Å²) in [6.07, 6.45) is 0. The highest BCUT2D eigenvalue weighted by Crippen LogP contribution is 2.27. The van der Waals surface area contributed by atoms with Gasteiger partial charge in [-0.15, -0.1) is 22.7 Å². The van der Waals surface area contributed by atoms with E-state index in [-0.39, 0.29) is 5.69 Å². The van der Waals surface area contributed by atoms with E-state index in [1.54, 1.807) is 18.3 Å². The van der Waals surface area contributed by atoms with Crippen molar-refractivity contribution in [1.82, 2.24) is 4.98 Å². The molecule has 0 saturated carbocycles. The fourth-order valence-corrected chi connectivity index (χ4v) is 3.30. The SMILES string of the molecule is CCN(Cc1cccs1)c1nc(C(=O)O)c(C)s1. The van der Waals surface area contributed by atoms with E-state index >= 15 is 0 Å². The molecule has 18 heavy (non-hydrogen) atoms. The van der Waals surface area contributed by atoms with Crippen molar-refractivity contribution in [2.45, 2.75) is 20.4 Å². The van der Waals surface area contributed by atoms with Crippen LogP contribution in [0.1, 0.15) is 27.2 Å². The summed E-state index contributed by atoms with van der Waals surface area (Å²) in [5, 5.41) is 11.8. The van der Waals surface area contributed by atoms with E-state index in [0.29, 0.717) is 0 Å². The van der Waals surface area contributed by atoms with Gasteiger partial charge in [-0.25, -0.2) is 9.78 Å². The van der Waals surface area contributed by atoms with Gasteiger partial charge in [-0.1, -0.05) is 6.07 Å². The van der Waals surface area contributed by atoms with Crippen molar-refractivity contribution >= 4 is 33.8 Å². The first-order valence-corrected chi connectivity index (χ1v) is 7.29. The van der Waals surface area contributed by atoms with Crippen LogP contribution < -0.4 is 4.90 Å². The molecule has 0 spiro atoms. The predicted octanol–water partition coefficient (Wildman–Crippen LogP) is 3.24. The number of aryl methyl sites for hydroxylation is 1. The quantitative estimate of drug-likeness (QED) is 0.914. The van der Waals surface area contributed by atoms with Crippen LogP contribution in [0.5, 0.6) is 0 Å². The highest BCUT2D eigenvalue weighted by Gasteiger charge is 2.17. The summed E-state index contributed by atoms with van der Waals surface area (Å²) in [6.45, 7) is 5.43. The maximum atomic E-state index is 11.0. The number of nitrogens with zero attached hydrogens (tertiary/aromatic N) is 2. The molecule has 0 aliphatic heterocycles. The van der Waals surface area contributed by atoms with E-state index in [1.165, 1.54) is 16.2 Å². The molecule has 0 saturated heterocycles. The second-order valence-electron chi connectivity index (χ2n) is 3.80. The van der Waals surface area contributed by atoms with Crippen LogP contribution in [0.2, 0.25) is 0 Å². The molecule has 2 rings (SSSR count). The van der Waals surface area contributed by atoms with Crippen LogP contribution in [0.3, 0.4) is 0 Å². The molecule has 2 aromatic heterocycles. The first kappa shape index (κ1) is 13.0. The Morgan fingerprint density at radius 2 is 2.33 bits per heavy atom. The lowest BCUT2D eigenvalue weighted by atomic mass is 10.4. The van der Waals surface area contributed by atoms with Crippen molar-refractivity contribution in [3.8, 4) is 0 Å². The number of carboxylic acid groups (broad SMARTS) is 1. The largest absolute Gasteiger partial charge is 0.476 e. The van der Waals surface area contributed by atoms with Gasteiger partial charge in [0.05, 0.1) is 6.54 Å². The van der Waals surface area contributed by atoms with Crippen LogP contribution >= 0.6 is 22.7 Å². The number of thiophene rings is 1. The molecule has 6 heteroatoms. The van der Waals surface area contributed by atoms with Crippen LogP contribution in [-0.2, 0) is 6.54 Å². The van der Waals surface area contributed by atoms with Crippen LogP contribution in [0.15, 0.2) is 17.5 Å². The maximum Gasteiger partial charge on any atom is 0.355 e. The Labute approximate surface area is 114 Å². The van der Waals surface area contributed by atoms with Gasteiger partial charge in [0, 0.05) is 16.3 Å². The van der Waals surface area contributed by atoms with Crippen LogP contribution in [0, 0.1) is 6.92 Å². The van der Waals surface area contributed by atoms with Gasteiger partial charge in [0.25, 0.3) is 0 Å². The average Bonchev–Trinajstić information content (AvgIpc) is 2.94. The minimum Gasteiger partial charge on any atom is -0.476 e. The number of hydrogen-bond donors (Lipinski definition) is 1. The van der Waals surface area contributed by atoms with Crippen molar-refractivity contribution in [3.63, 3.8) is 0 Å². The summed E-state index contributed by atoms with van der Waals surface area (Å²) < 4.78 is 0. The molecule has 0 unspecified atom stereocenters. The van der Waals surface area contributed by atoms with E-state index in [2.05, 4.69) is 16.0 Å². The second-order valence-corrected chi connectivity index (χ2v) is 6.01. The molecule has 96 valence electrons. The number of rotatable bonds is 5. The third kappa shape index (κ3) is 2.70. The summed E-state index contributed by atoms with van der Waals surface area (Å²) in [5.74, 6) is -0.956. The fraction of sp³-hybridized carbons (Fsp3) is 0.333. The van der Waals surface area contributed by atoms with Crippen molar-refractivity contribution in [1.29, 1.82) is 0 Å². The summed E-state index contributed by atoms with van der Waals surface area (Å²) >= 11 is 3.13. The Morgan fingerprint density at radius 1 is 1.56 bits per heavy atom. The molecule has 0 atom stereocenters. The second kappa shape index (κ2) is 5.49. The van der Waals surface area contributed by atoms with Gasteiger partial charge in [0.15, 0.2) is 10.8 Å². The lowest BCUT2D eigenvalue weighted by Gasteiger charge is -2.18. The smallest absolute Gasteiger partial charge is 0.355 e. The number of anilines is 1. The minimum absolute atomic E-state index is 0.166. The van der Waals surface area contributed by atoms with E-state index in [4.69, 9.17) is 5.11 Å². The Hall–Kier alpha value is -1.40. The van der Waals surface area contributed by atoms with E-state index < -0.39 is 5.97 Å². The molecular formula is C12H14N2O2S2. The van der Waals surface area contributed by atoms with Gasteiger partial charge in [0.1, 0.15) is 0 Å². The zero-order valence-electron chi connectivity index (χ0n) is 10.2. The van der Waals surface area contributed by atoms with E-state index in [0.717, 1.165) is 23.1 Å². The Bertz CT molecular complexity index is 534. The molecule has 0 bridgehead atoms. The normalized spacial score (nSPS) is 10.6. The number of hydrogen-bond acceptors (Lipinski definition) is 5. The minimum atomic E-state index is -0.956. The third-order valence-corrected chi connectivity index (χ3v) is 4.46. The Balaban J connectivity index is 2.22. The van der Waals surface area contributed by atoms with Gasteiger partial charge < -0.3 is 10.0 Å². The summed E-state index contributed by atoms with van der Waals surface area (Å²) in [5.41, 5.74) is 0.166. The molecule has 2 aromatic rings. The van der Waals surface area contributed by atoms with Gasteiger partial charge in [-0.3, -0.25) is 0 Å². The molecule has 1 N–H and O–H groups in total. The van der Waals surface area contributed by atoms with Gasteiger partial charge in [0.2, 0.25) is 0 Å². The lowest BCUT2D eigenvalue weighted by Crippen LogP contribution is -2.21. The zero-order valence-corrected chi connectivity index (χ0v) is 11.8. The number of aromatic carboxylic acids is 1. The van der Waals surface area contributed by atoms with Crippen LogP contribution in [0.25, 0.3) is 0 Å².